The van der Waals surface area contributed by atoms with Gasteiger partial charge in [0.05, 0.1) is 13.7 Å². The first-order chi connectivity index (χ1) is 9.10. The average Bonchev–Trinajstić information content (AvgIpc) is 2.42. The minimum Gasteiger partial charge on any atom is -0.497 e. The van der Waals surface area contributed by atoms with Crippen LogP contribution in [0.5, 0.6) is 5.75 Å². The van der Waals surface area contributed by atoms with Gasteiger partial charge in [0.25, 0.3) is 0 Å². The number of methoxy groups -OCH3 is 1. The molecule has 1 fully saturated rings. The zero-order valence-corrected chi connectivity index (χ0v) is 12.1. The maximum atomic E-state index is 12.4. The summed E-state index contributed by atoms with van der Waals surface area (Å²) >= 11 is 0. The number of likely N-dealkylation sites (tertiary alicyclic amines) is 1. The van der Waals surface area contributed by atoms with Crippen LogP contribution in [0.4, 0.5) is 0 Å². The van der Waals surface area contributed by atoms with Crippen molar-refractivity contribution < 1.29 is 9.53 Å². The molecule has 1 saturated heterocycles. The highest BCUT2D eigenvalue weighted by atomic mass is 16.5. The maximum Gasteiger partial charge on any atom is 0.177 e. The Labute approximate surface area is 115 Å². The van der Waals surface area contributed by atoms with Crippen LogP contribution in [0.3, 0.4) is 0 Å². The van der Waals surface area contributed by atoms with Crippen molar-refractivity contribution in [2.45, 2.75) is 26.7 Å². The Morgan fingerprint density at radius 2 is 2.05 bits per heavy atom. The molecular formula is C16H23NO2. The quantitative estimate of drug-likeness (QED) is 0.780. The predicted octanol–water partition coefficient (Wildman–Crippen LogP) is 2.92. The molecule has 3 heteroatoms. The third-order valence-corrected chi connectivity index (χ3v) is 3.99. The predicted molar refractivity (Wildman–Crippen MR) is 76.9 cm³/mol. The first-order valence-corrected chi connectivity index (χ1v) is 7.00. The summed E-state index contributed by atoms with van der Waals surface area (Å²) in [6.45, 7) is 6.86. The van der Waals surface area contributed by atoms with Crippen molar-refractivity contribution in [1.29, 1.82) is 0 Å². The lowest BCUT2D eigenvalue weighted by molar-refractivity contribution is 0.0899. The molecule has 2 rings (SSSR count). The fraction of sp³-hybridized carbons (Fsp3) is 0.562. The van der Waals surface area contributed by atoms with E-state index in [0.717, 1.165) is 35.9 Å². The number of benzene rings is 1. The molecular weight excluding hydrogens is 238 g/mol. The van der Waals surface area contributed by atoms with E-state index in [4.69, 9.17) is 4.74 Å². The van der Waals surface area contributed by atoms with Crippen LogP contribution < -0.4 is 4.74 Å². The number of carbonyl (C=O) groups excluding carboxylic acids is 1. The SMILES string of the molecule is COc1ccc(C)c(C(=O)CN2CCC(C)CC2)c1. The third-order valence-electron chi connectivity index (χ3n) is 3.99. The van der Waals surface area contributed by atoms with Gasteiger partial charge < -0.3 is 4.74 Å². The van der Waals surface area contributed by atoms with Gasteiger partial charge in [0, 0.05) is 5.56 Å². The second-order valence-electron chi connectivity index (χ2n) is 5.56. The lowest BCUT2D eigenvalue weighted by Crippen LogP contribution is -2.36. The first kappa shape index (κ1) is 14.1. The highest BCUT2D eigenvalue weighted by Crippen LogP contribution is 2.20. The molecule has 1 aromatic rings. The van der Waals surface area contributed by atoms with E-state index in [1.807, 2.05) is 25.1 Å². The Balaban J connectivity index is 2.03. The maximum absolute atomic E-state index is 12.4. The molecule has 19 heavy (non-hydrogen) atoms. The minimum atomic E-state index is 0.200. The fourth-order valence-corrected chi connectivity index (χ4v) is 2.54. The number of carbonyl (C=O) groups is 1. The Morgan fingerprint density at radius 3 is 2.68 bits per heavy atom. The molecule has 0 amide bonds. The van der Waals surface area contributed by atoms with Crippen LogP contribution in [0.1, 0.15) is 35.7 Å². The van der Waals surface area contributed by atoms with E-state index >= 15 is 0 Å². The van der Waals surface area contributed by atoms with E-state index in [0.29, 0.717) is 6.54 Å². The Bertz CT molecular complexity index is 448. The van der Waals surface area contributed by atoms with E-state index in [1.165, 1.54) is 12.8 Å². The topological polar surface area (TPSA) is 29.5 Å². The van der Waals surface area contributed by atoms with Crippen LogP contribution in [0.2, 0.25) is 0 Å². The summed E-state index contributed by atoms with van der Waals surface area (Å²) in [6, 6.07) is 5.70. The second kappa shape index (κ2) is 6.20. The van der Waals surface area contributed by atoms with Crippen molar-refractivity contribution in [2.24, 2.45) is 5.92 Å². The summed E-state index contributed by atoms with van der Waals surface area (Å²) in [5.41, 5.74) is 1.81. The van der Waals surface area contributed by atoms with Crippen LogP contribution in [0, 0.1) is 12.8 Å². The number of aryl methyl sites for hydroxylation is 1. The molecule has 0 atom stereocenters. The number of Topliss-reactive ketones (excluding diaryl/α,β-unsaturated/α-hetero) is 1. The Hall–Kier alpha value is -1.35. The molecule has 0 N–H and O–H groups in total. The lowest BCUT2D eigenvalue weighted by Gasteiger charge is -2.29. The van der Waals surface area contributed by atoms with Crippen molar-refractivity contribution in [3.63, 3.8) is 0 Å². The van der Waals surface area contributed by atoms with Gasteiger partial charge in [-0.3, -0.25) is 9.69 Å². The van der Waals surface area contributed by atoms with Crippen molar-refractivity contribution in [3.8, 4) is 5.75 Å². The average molecular weight is 261 g/mol. The molecule has 0 bridgehead atoms. The standard InChI is InChI=1S/C16H23NO2/c1-12-6-8-17(9-7-12)11-16(18)15-10-14(19-3)5-4-13(15)2/h4-5,10,12H,6-9,11H2,1-3H3. The molecule has 0 aromatic heterocycles. The van der Waals surface area contributed by atoms with Gasteiger partial charge in [-0.2, -0.15) is 0 Å². The van der Waals surface area contributed by atoms with E-state index in [9.17, 15) is 4.79 Å². The highest BCUT2D eigenvalue weighted by Gasteiger charge is 2.19. The molecule has 0 spiro atoms. The van der Waals surface area contributed by atoms with Crippen molar-refractivity contribution >= 4 is 5.78 Å². The number of hydrogen-bond donors (Lipinski definition) is 0. The van der Waals surface area contributed by atoms with Gasteiger partial charge in [-0.05, 0) is 56.5 Å². The van der Waals surface area contributed by atoms with Gasteiger partial charge in [0.2, 0.25) is 0 Å². The van der Waals surface area contributed by atoms with Gasteiger partial charge >= 0.3 is 0 Å². The van der Waals surface area contributed by atoms with Crippen LogP contribution >= 0.6 is 0 Å². The molecule has 0 unspecified atom stereocenters. The number of nitrogens with zero attached hydrogens (tertiary/aromatic N) is 1. The van der Waals surface area contributed by atoms with E-state index in [-0.39, 0.29) is 5.78 Å². The lowest BCUT2D eigenvalue weighted by atomic mass is 9.98. The van der Waals surface area contributed by atoms with Crippen LogP contribution in [0.25, 0.3) is 0 Å². The summed E-state index contributed by atoms with van der Waals surface area (Å²) in [5.74, 6) is 1.75. The Kier molecular flexibility index (Phi) is 4.59. The molecule has 0 saturated carbocycles. The number of rotatable bonds is 4. The van der Waals surface area contributed by atoms with E-state index in [1.54, 1.807) is 7.11 Å². The van der Waals surface area contributed by atoms with Gasteiger partial charge in [-0.15, -0.1) is 0 Å². The van der Waals surface area contributed by atoms with Gasteiger partial charge in [0.15, 0.2) is 5.78 Å². The van der Waals surface area contributed by atoms with Crippen LogP contribution in [-0.4, -0.2) is 37.4 Å². The fourth-order valence-electron chi connectivity index (χ4n) is 2.54. The zero-order valence-electron chi connectivity index (χ0n) is 12.1. The largest absolute Gasteiger partial charge is 0.497 e. The summed E-state index contributed by atoms with van der Waals surface area (Å²) in [5, 5.41) is 0. The summed E-state index contributed by atoms with van der Waals surface area (Å²) in [7, 11) is 1.63. The molecule has 0 radical (unpaired) electrons. The highest BCUT2D eigenvalue weighted by molar-refractivity contribution is 5.99. The summed E-state index contributed by atoms with van der Waals surface area (Å²) < 4.78 is 5.20. The molecule has 1 aliphatic rings. The Morgan fingerprint density at radius 1 is 1.37 bits per heavy atom. The smallest absolute Gasteiger partial charge is 0.177 e. The molecule has 1 heterocycles. The summed E-state index contributed by atoms with van der Waals surface area (Å²) in [4.78, 5) is 14.7. The first-order valence-electron chi connectivity index (χ1n) is 7.00. The zero-order chi connectivity index (χ0) is 13.8. The number of ketones is 1. The second-order valence-corrected chi connectivity index (χ2v) is 5.56. The van der Waals surface area contributed by atoms with Crippen molar-refractivity contribution in [1.82, 2.24) is 4.90 Å². The number of piperidine rings is 1. The minimum absolute atomic E-state index is 0.200. The van der Waals surface area contributed by atoms with Crippen molar-refractivity contribution in [2.75, 3.05) is 26.7 Å². The molecule has 1 aliphatic heterocycles. The van der Waals surface area contributed by atoms with Gasteiger partial charge in [-0.25, -0.2) is 0 Å². The molecule has 1 aromatic carbocycles. The number of hydrogen-bond acceptors (Lipinski definition) is 3. The number of ether oxygens (including phenoxy) is 1. The monoisotopic (exact) mass is 261 g/mol. The normalized spacial score (nSPS) is 17.4. The third kappa shape index (κ3) is 3.57. The molecule has 0 aliphatic carbocycles. The van der Waals surface area contributed by atoms with Gasteiger partial charge in [0.1, 0.15) is 5.75 Å². The molecule has 3 nitrogen and oxygen atoms in total. The van der Waals surface area contributed by atoms with Gasteiger partial charge in [-0.1, -0.05) is 13.0 Å². The van der Waals surface area contributed by atoms with Crippen LogP contribution in [-0.2, 0) is 0 Å². The molecule has 104 valence electrons. The van der Waals surface area contributed by atoms with E-state index < -0.39 is 0 Å². The van der Waals surface area contributed by atoms with Crippen LogP contribution in [0.15, 0.2) is 18.2 Å². The summed E-state index contributed by atoms with van der Waals surface area (Å²) in [6.07, 6.45) is 2.40. The van der Waals surface area contributed by atoms with Crippen molar-refractivity contribution in [3.05, 3.63) is 29.3 Å². The van der Waals surface area contributed by atoms with E-state index in [2.05, 4.69) is 11.8 Å².